The van der Waals surface area contributed by atoms with Gasteiger partial charge in [-0.25, -0.2) is 4.68 Å². The van der Waals surface area contributed by atoms with Crippen LogP contribution in [0.4, 0.5) is 0 Å². The highest BCUT2D eigenvalue weighted by Gasteiger charge is 2.31. The van der Waals surface area contributed by atoms with Crippen molar-refractivity contribution in [3.8, 4) is 0 Å². The van der Waals surface area contributed by atoms with Gasteiger partial charge in [0.05, 0.1) is 6.67 Å². The Labute approximate surface area is 149 Å². The van der Waals surface area contributed by atoms with Crippen molar-refractivity contribution < 1.29 is 0 Å². The minimum Gasteiger partial charge on any atom is -0.304 e. The predicted molar refractivity (Wildman–Crippen MR) is 98.6 cm³/mol. The quantitative estimate of drug-likeness (QED) is 0.743. The van der Waals surface area contributed by atoms with E-state index in [4.69, 9.17) is 17.3 Å². The highest BCUT2D eigenvalue weighted by atomic mass is 32.1. The lowest BCUT2D eigenvalue weighted by Gasteiger charge is -2.24. The summed E-state index contributed by atoms with van der Waals surface area (Å²) in [7, 11) is 0. The minimum atomic E-state index is 0.602. The molecule has 1 aromatic heterocycles. The molecule has 4 nitrogen and oxygen atoms in total. The van der Waals surface area contributed by atoms with E-state index in [1.54, 1.807) is 0 Å². The average molecular weight is 343 g/mol. The van der Waals surface area contributed by atoms with Crippen molar-refractivity contribution in [1.82, 2.24) is 19.2 Å². The fourth-order valence-electron chi connectivity index (χ4n) is 3.86. The maximum absolute atomic E-state index is 5.70. The molecule has 2 fully saturated rings. The van der Waals surface area contributed by atoms with Crippen molar-refractivity contribution >= 4 is 12.2 Å². The van der Waals surface area contributed by atoms with E-state index in [1.165, 1.54) is 37.1 Å². The molecule has 0 radical (unpaired) electrons. The van der Waals surface area contributed by atoms with Crippen LogP contribution in [0.25, 0.3) is 0 Å². The normalized spacial score (nSPS) is 21.5. The topological polar surface area (TPSA) is 26.0 Å². The van der Waals surface area contributed by atoms with Crippen LogP contribution in [-0.2, 0) is 19.6 Å². The van der Waals surface area contributed by atoms with Crippen molar-refractivity contribution in [2.45, 2.75) is 64.2 Å². The Kier molecular flexibility index (Phi) is 4.55. The first-order valence-electron chi connectivity index (χ1n) is 9.21. The standard InChI is InChI=1S/C19H26N4S/c1-2-22-18(16-10-11-16)20-23(19(22)24)14-21-12-6-9-17(21)13-15-7-4-3-5-8-15/h3-5,7-8,16-17H,2,6,9-14H2,1H3. The van der Waals surface area contributed by atoms with Gasteiger partial charge >= 0.3 is 0 Å². The molecule has 1 atom stereocenters. The third-order valence-corrected chi connectivity index (χ3v) is 5.77. The molecule has 2 aromatic rings. The smallest absolute Gasteiger partial charge is 0.199 e. The molecule has 1 aromatic carbocycles. The van der Waals surface area contributed by atoms with Gasteiger partial charge in [0.2, 0.25) is 0 Å². The second-order valence-corrected chi connectivity index (χ2v) is 7.46. The first-order chi connectivity index (χ1) is 11.8. The van der Waals surface area contributed by atoms with Gasteiger partial charge < -0.3 is 4.57 Å². The lowest BCUT2D eigenvalue weighted by Crippen LogP contribution is -2.33. The summed E-state index contributed by atoms with van der Waals surface area (Å²) >= 11 is 5.70. The first kappa shape index (κ1) is 16.0. The summed E-state index contributed by atoms with van der Waals surface area (Å²) in [6, 6.07) is 11.4. The largest absolute Gasteiger partial charge is 0.304 e. The summed E-state index contributed by atoms with van der Waals surface area (Å²) in [5.74, 6) is 1.85. The molecule has 2 heterocycles. The molecule has 1 saturated carbocycles. The van der Waals surface area contributed by atoms with Gasteiger partial charge in [0, 0.05) is 25.0 Å². The van der Waals surface area contributed by atoms with Crippen LogP contribution in [0.3, 0.4) is 0 Å². The summed E-state index contributed by atoms with van der Waals surface area (Å²) in [4.78, 5) is 2.56. The van der Waals surface area contributed by atoms with Gasteiger partial charge in [-0.05, 0) is 56.8 Å². The number of aromatic nitrogens is 3. The summed E-state index contributed by atoms with van der Waals surface area (Å²) in [5.41, 5.74) is 1.43. The van der Waals surface area contributed by atoms with Crippen LogP contribution in [0.1, 0.15) is 49.9 Å². The van der Waals surface area contributed by atoms with Crippen LogP contribution in [0, 0.1) is 4.77 Å². The van der Waals surface area contributed by atoms with E-state index in [-0.39, 0.29) is 0 Å². The van der Waals surface area contributed by atoms with Crippen LogP contribution in [-0.4, -0.2) is 31.8 Å². The van der Waals surface area contributed by atoms with E-state index in [9.17, 15) is 0 Å². The molecule has 0 bridgehead atoms. The Morgan fingerprint density at radius 2 is 1.96 bits per heavy atom. The van der Waals surface area contributed by atoms with Gasteiger partial charge in [-0.3, -0.25) is 4.90 Å². The number of benzene rings is 1. The van der Waals surface area contributed by atoms with E-state index in [2.05, 4.69) is 51.4 Å². The summed E-state index contributed by atoms with van der Waals surface area (Å²) in [5, 5.41) is 4.88. The lowest BCUT2D eigenvalue weighted by molar-refractivity contribution is 0.187. The lowest BCUT2D eigenvalue weighted by atomic mass is 10.0. The average Bonchev–Trinajstić information content (AvgIpc) is 3.29. The number of rotatable bonds is 6. The van der Waals surface area contributed by atoms with Gasteiger partial charge in [-0.15, -0.1) is 0 Å². The van der Waals surface area contributed by atoms with E-state index in [0.29, 0.717) is 12.0 Å². The number of hydrogen-bond acceptors (Lipinski definition) is 3. The Balaban J connectivity index is 1.51. The molecule has 2 aliphatic rings. The second-order valence-electron chi connectivity index (χ2n) is 7.10. The van der Waals surface area contributed by atoms with Crippen molar-refractivity contribution in [1.29, 1.82) is 0 Å². The second kappa shape index (κ2) is 6.81. The summed E-state index contributed by atoms with van der Waals surface area (Å²) in [6.45, 7) is 5.08. The molecule has 24 heavy (non-hydrogen) atoms. The molecule has 1 aliphatic heterocycles. The summed E-state index contributed by atoms with van der Waals surface area (Å²) < 4.78 is 5.19. The highest BCUT2D eigenvalue weighted by Crippen LogP contribution is 2.39. The molecule has 4 rings (SSSR count). The zero-order valence-electron chi connectivity index (χ0n) is 14.4. The highest BCUT2D eigenvalue weighted by molar-refractivity contribution is 7.71. The van der Waals surface area contributed by atoms with Gasteiger partial charge in [0.25, 0.3) is 0 Å². The van der Waals surface area contributed by atoms with E-state index >= 15 is 0 Å². The van der Waals surface area contributed by atoms with Crippen LogP contribution in [0.5, 0.6) is 0 Å². The van der Waals surface area contributed by atoms with Crippen LogP contribution in [0.15, 0.2) is 30.3 Å². The van der Waals surface area contributed by atoms with E-state index in [1.807, 2.05) is 0 Å². The molecule has 1 aliphatic carbocycles. The maximum Gasteiger partial charge on any atom is 0.199 e. The number of likely N-dealkylation sites (tertiary alicyclic amines) is 1. The van der Waals surface area contributed by atoms with Gasteiger partial charge in [-0.2, -0.15) is 5.10 Å². The molecule has 1 unspecified atom stereocenters. The van der Waals surface area contributed by atoms with Crippen LogP contribution >= 0.6 is 12.2 Å². The third kappa shape index (κ3) is 3.20. The molecule has 5 heteroatoms. The molecular formula is C19H26N4S. The molecule has 1 saturated heterocycles. The minimum absolute atomic E-state index is 0.602. The fourth-order valence-corrected chi connectivity index (χ4v) is 4.18. The predicted octanol–water partition coefficient (Wildman–Crippen LogP) is 3.98. The van der Waals surface area contributed by atoms with Gasteiger partial charge in [0.1, 0.15) is 5.82 Å². The monoisotopic (exact) mass is 342 g/mol. The third-order valence-electron chi connectivity index (χ3n) is 5.34. The SMILES string of the molecule is CCn1c(C2CC2)nn(CN2CCCC2Cc2ccccc2)c1=S. The fraction of sp³-hybridized carbons (Fsp3) is 0.579. The maximum atomic E-state index is 5.70. The van der Waals surface area contributed by atoms with Crippen molar-refractivity contribution in [3.63, 3.8) is 0 Å². The van der Waals surface area contributed by atoms with Crippen molar-refractivity contribution in [2.75, 3.05) is 6.54 Å². The van der Waals surface area contributed by atoms with Crippen LogP contribution < -0.4 is 0 Å². The Bertz CT molecular complexity index is 744. The van der Waals surface area contributed by atoms with Crippen molar-refractivity contribution in [3.05, 3.63) is 46.5 Å². The molecule has 0 amide bonds. The zero-order valence-corrected chi connectivity index (χ0v) is 15.2. The zero-order chi connectivity index (χ0) is 16.5. The van der Waals surface area contributed by atoms with Crippen LogP contribution in [0.2, 0.25) is 0 Å². The number of nitrogens with zero attached hydrogens (tertiary/aromatic N) is 4. The number of hydrogen-bond donors (Lipinski definition) is 0. The van der Waals surface area contributed by atoms with Gasteiger partial charge in [-0.1, -0.05) is 30.3 Å². The van der Waals surface area contributed by atoms with E-state index < -0.39 is 0 Å². The Morgan fingerprint density at radius 1 is 1.17 bits per heavy atom. The van der Waals surface area contributed by atoms with E-state index in [0.717, 1.165) is 31.0 Å². The molecule has 0 spiro atoms. The Morgan fingerprint density at radius 3 is 2.67 bits per heavy atom. The summed E-state index contributed by atoms with van der Waals surface area (Å²) in [6.07, 6.45) is 6.21. The molecular weight excluding hydrogens is 316 g/mol. The van der Waals surface area contributed by atoms with Crippen molar-refractivity contribution in [2.24, 2.45) is 0 Å². The molecule has 128 valence electrons. The first-order valence-corrected chi connectivity index (χ1v) is 9.62. The van der Waals surface area contributed by atoms with Gasteiger partial charge in [0.15, 0.2) is 4.77 Å². The molecule has 0 N–H and O–H groups in total. The Hall–Kier alpha value is -1.46.